The molecule has 12 rings (SSSR count). The zero-order valence-electron chi connectivity index (χ0n) is 34.2. The fourth-order valence-corrected chi connectivity index (χ4v) is 10.1. The van der Waals surface area contributed by atoms with Gasteiger partial charge in [-0.2, -0.15) is 0 Å². The van der Waals surface area contributed by atoms with Crippen LogP contribution in [0.4, 0.5) is 0 Å². The molecule has 11 aromatic rings. The van der Waals surface area contributed by atoms with Crippen molar-refractivity contribution in [2.24, 2.45) is 4.99 Å². The van der Waals surface area contributed by atoms with Crippen LogP contribution in [0.5, 0.6) is 0 Å². The molecule has 0 radical (unpaired) electrons. The second kappa shape index (κ2) is 15.3. The van der Waals surface area contributed by atoms with Crippen LogP contribution in [-0.4, -0.2) is 32.7 Å². The van der Waals surface area contributed by atoms with Gasteiger partial charge in [0.1, 0.15) is 29.3 Å². The van der Waals surface area contributed by atoms with Gasteiger partial charge in [0, 0.05) is 47.6 Å². The summed E-state index contributed by atoms with van der Waals surface area (Å²) in [7, 11) is 2.13. The Morgan fingerprint density at radius 2 is 1.11 bits per heavy atom. The summed E-state index contributed by atoms with van der Waals surface area (Å²) in [5.41, 5.74) is 9.76. The van der Waals surface area contributed by atoms with E-state index in [1.165, 1.54) is 21.0 Å². The van der Waals surface area contributed by atoms with Crippen molar-refractivity contribution in [1.29, 1.82) is 0 Å². The van der Waals surface area contributed by atoms with Gasteiger partial charge in [-0.05, 0) is 59.6 Å². The lowest BCUT2D eigenvalue weighted by Crippen LogP contribution is -2.45. The summed E-state index contributed by atoms with van der Waals surface area (Å²) >= 11 is 1.79. The summed E-state index contributed by atoms with van der Waals surface area (Å²) < 4.78 is 8.89. The summed E-state index contributed by atoms with van der Waals surface area (Å²) in [4.78, 5) is 23.2. The van der Waals surface area contributed by atoms with E-state index in [9.17, 15) is 0 Å². The highest BCUT2D eigenvalue weighted by atomic mass is 32.1. The lowest BCUT2D eigenvalue weighted by Gasteiger charge is -2.39. The largest absolute Gasteiger partial charge is 0.455 e. The number of thiophene rings is 1. The van der Waals surface area contributed by atoms with Gasteiger partial charge in [-0.15, -0.1) is 11.3 Å². The zero-order valence-corrected chi connectivity index (χ0v) is 35.0. The molecule has 63 heavy (non-hydrogen) atoms. The molecule has 0 saturated heterocycles. The molecule has 2 atom stereocenters. The first-order chi connectivity index (χ1) is 31.1. The van der Waals surface area contributed by atoms with Gasteiger partial charge in [0.2, 0.25) is 0 Å². The monoisotopic (exact) mass is 830 g/mol. The first-order valence-corrected chi connectivity index (χ1v) is 21.9. The van der Waals surface area contributed by atoms with Crippen molar-refractivity contribution < 1.29 is 4.42 Å². The van der Waals surface area contributed by atoms with Gasteiger partial charge >= 0.3 is 0 Å². The van der Waals surface area contributed by atoms with Crippen molar-refractivity contribution in [3.63, 3.8) is 0 Å². The molecular weight excluding hydrogens is 793 g/mol. The Morgan fingerprint density at radius 3 is 1.89 bits per heavy atom. The molecule has 4 heterocycles. The molecular formula is C55H38N6OS. The quantitative estimate of drug-likeness (QED) is 0.172. The zero-order chi connectivity index (χ0) is 41.9. The molecule has 0 saturated carbocycles. The molecule has 0 amide bonds. The summed E-state index contributed by atoms with van der Waals surface area (Å²) in [6.07, 6.45) is -0.229. The standard InChI is InChI=1S/C55H38N6OS/c1-61-54(37-18-7-3-8-19-37)59-51(60-55(61)38-20-9-4-10-21-38)36-30-28-34(29-31-36)44-32-39(33-47-48(44)42-23-12-14-27-46(42)63-47)52-56-50(35-16-5-2-6-17-35)57-53(58-52)43-25-15-24-41-40-22-11-13-26-45(40)62-49(41)43/h2-33,54-55H,1H3,(H,59,60). The van der Waals surface area contributed by atoms with Crippen LogP contribution < -0.4 is 5.32 Å². The van der Waals surface area contributed by atoms with E-state index in [1.807, 2.05) is 60.7 Å². The molecule has 0 fully saturated rings. The van der Waals surface area contributed by atoms with Crippen LogP contribution in [0.2, 0.25) is 0 Å². The minimum atomic E-state index is -0.161. The highest BCUT2D eigenvalue weighted by Gasteiger charge is 2.31. The SMILES string of the molecule is CN1C(c2ccccc2)N=C(c2ccc(-c3cc(-c4nc(-c5ccccc5)nc(-c5cccc6c5oc5ccccc56)n4)cc4sc5ccccc5c34)cc2)NC1c1ccccc1. The fourth-order valence-electron chi connectivity index (χ4n) is 8.95. The van der Waals surface area contributed by atoms with E-state index in [-0.39, 0.29) is 12.3 Å². The maximum Gasteiger partial charge on any atom is 0.167 e. The van der Waals surface area contributed by atoms with Gasteiger partial charge in [-0.25, -0.2) is 19.9 Å². The van der Waals surface area contributed by atoms with E-state index in [0.29, 0.717) is 17.5 Å². The maximum atomic E-state index is 6.50. The third-order valence-electron chi connectivity index (χ3n) is 12.0. The highest BCUT2D eigenvalue weighted by molar-refractivity contribution is 7.26. The van der Waals surface area contributed by atoms with Gasteiger partial charge in [-0.1, -0.05) is 164 Å². The maximum absolute atomic E-state index is 6.50. The number of amidine groups is 1. The van der Waals surface area contributed by atoms with Crippen LogP contribution in [-0.2, 0) is 0 Å². The minimum Gasteiger partial charge on any atom is -0.455 e. The van der Waals surface area contributed by atoms with Crippen molar-refractivity contribution >= 4 is 59.3 Å². The Morgan fingerprint density at radius 1 is 0.492 bits per heavy atom. The third-order valence-corrected chi connectivity index (χ3v) is 13.2. The number of para-hydroxylation sites is 2. The van der Waals surface area contributed by atoms with Crippen molar-refractivity contribution in [2.75, 3.05) is 7.05 Å². The molecule has 8 aromatic carbocycles. The van der Waals surface area contributed by atoms with Crippen LogP contribution in [0.25, 0.3) is 87.4 Å². The first-order valence-electron chi connectivity index (χ1n) is 21.1. The summed E-state index contributed by atoms with van der Waals surface area (Å²) in [5.74, 6) is 2.60. The van der Waals surface area contributed by atoms with Gasteiger partial charge in [0.15, 0.2) is 17.5 Å². The number of fused-ring (bicyclic) bond motifs is 6. The van der Waals surface area contributed by atoms with Crippen molar-refractivity contribution in [2.45, 2.75) is 12.3 Å². The van der Waals surface area contributed by atoms with Crippen LogP contribution in [0.3, 0.4) is 0 Å². The van der Waals surface area contributed by atoms with Crippen LogP contribution in [0.1, 0.15) is 29.0 Å². The summed E-state index contributed by atoms with van der Waals surface area (Å²) in [6, 6.07) is 67.5. The van der Waals surface area contributed by atoms with Crippen LogP contribution in [0, 0.1) is 0 Å². The lowest BCUT2D eigenvalue weighted by atomic mass is 9.95. The Bertz CT molecular complexity index is 3510. The van der Waals surface area contributed by atoms with E-state index in [1.54, 1.807) is 11.3 Å². The van der Waals surface area contributed by atoms with E-state index in [2.05, 4.69) is 151 Å². The average molecular weight is 831 g/mol. The number of furan rings is 1. The first kappa shape index (κ1) is 37.0. The fraction of sp³-hybridized carbons (Fsp3) is 0.0545. The minimum absolute atomic E-state index is 0.0677. The van der Waals surface area contributed by atoms with Gasteiger partial charge in [0.25, 0.3) is 0 Å². The Labute approximate surface area is 367 Å². The van der Waals surface area contributed by atoms with Crippen molar-refractivity contribution in [3.8, 4) is 45.3 Å². The number of hydrogen-bond donors (Lipinski definition) is 1. The molecule has 0 aliphatic carbocycles. The second-order valence-electron chi connectivity index (χ2n) is 15.9. The summed E-state index contributed by atoms with van der Waals surface area (Å²) in [6.45, 7) is 0. The van der Waals surface area contributed by atoms with Crippen LogP contribution in [0.15, 0.2) is 204 Å². The van der Waals surface area contributed by atoms with Crippen LogP contribution >= 0.6 is 11.3 Å². The number of aromatic nitrogens is 3. The molecule has 2 unspecified atom stereocenters. The highest BCUT2D eigenvalue weighted by Crippen LogP contribution is 2.43. The Hall–Kier alpha value is -7.78. The van der Waals surface area contributed by atoms with Gasteiger partial charge < -0.3 is 9.73 Å². The van der Waals surface area contributed by atoms with Crippen molar-refractivity contribution in [1.82, 2.24) is 25.2 Å². The Kier molecular flexibility index (Phi) is 8.98. The molecule has 1 N–H and O–H groups in total. The second-order valence-corrected chi connectivity index (χ2v) is 17.0. The van der Waals surface area contributed by atoms with Gasteiger partial charge in [0.05, 0.1) is 5.56 Å². The number of benzene rings is 8. The predicted molar refractivity (Wildman–Crippen MR) is 258 cm³/mol. The number of hydrogen-bond acceptors (Lipinski definition) is 8. The molecule has 300 valence electrons. The summed E-state index contributed by atoms with van der Waals surface area (Å²) in [5, 5.41) is 8.29. The molecule has 0 bridgehead atoms. The van der Waals surface area contributed by atoms with E-state index < -0.39 is 0 Å². The molecule has 1 aliphatic rings. The molecule has 8 heteroatoms. The van der Waals surface area contributed by atoms with E-state index in [0.717, 1.165) is 71.4 Å². The third kappa shape index (κ3) is 6.55. The molecule has 1 aliphatic heterocycles. The van der Waals surface area contributed by atoms with E-state index in [4.69, 9.17) is 24.4 Å². The lowest BCUT2D eigenvalue weighted by molar-refractivity contribution is 0.152. The Balaban J connectivity index is 1.01. The smallest absolute Gasteiger partial charge is 0.167 e. The average Bonchev–Trinajstić information content (AvgIpc) is 3.93. The molecule has 7 nitrogen and oxygen atoms in total. The predicted octanol–water partition coefficient (Wildman–Crippen LogP) is 13.5. The number of nitrogens with one attached hydrogen (secondary N) is 1. The number of aliphatic imine (C=N–C) groups is 1. The molecule has 3 aromatic heterocycles. The number of rotatable bonds is 7. The number of nitrogens with zero attached hydrogens (tertiary/aromatic N) is 5. The van der Waals surface area contributed by atoms with E-state index >= 15 is 0 Å². The molecule has 0 spiro atoms. The van der Waals surface area contributed by atoms with Crippen molar-refractivity contribution in [3.05, 3.63) is 211 Å². The normalized spacial score (nSPS) is 15.5. The van der Waals surface area contributed by atoms with Gasteiger partial charge in [-0.3, -0.25) is 4.90 Å². The topological polar surface area (TPSA) is 79.4 Å².